The van der Waals surface area contributed by atoms with Crippen molar-refractivity contribution < 1.29 is 53.8 Å². The number of piperidine rings is 2. The summed E-state index contributed by atoms with van der Waals surface area (Å²) in [4.78, 5) is 42.3. The van der Waals surface area contributed by atoms with Crippen molar-refractivity contribution >= 4 is 17.9 Å². The van der Waals surface area contributed by atoms with Gasteiger partial charge in [-0.15, -0.1) is 0 Å². The minimum absolute atomic E-state index is 0.00147. The minimum Gasteiger partial charge on any atom is -0.459 e. The first-order chi connectivity index (χ1) is 24.0. The van der Waals surface area contributed by atoms with Crippen LogP contribution in [-0.2, 0) is 33.3 Å². The number of carbonyl (C=O) groups excluding carboxylic acids is 3. The molecule has 52 heavy (non-hydrogen) atoms. The van der Waals surface area contributed by atoms with E-state index in [4.69, 9.17) is 18.9 Å². The van der Waals surface area contributed by atoms with E-state index in [2.05, 4.69) is 18.7 Å². The molecule has 1 spiro atoms. The molecule has 4 bridgehead atoms. The Balaban J connectivity index is 1.38. The number of esters is 3. The molecule has 294 valence electrons. The number of ether oxygens (including phenoxy) is 4. The molecular weight excluding hydrogens is 670 g/mol. The third kappa shape index (κ3) is 4.82. The molecule has 5 unspecified atom stereocenters. The van der Waals surface area contributed by atoms with Gasteiger partial charge in [-0.3, -0.25) is 19.3 Å². The fraction of sp³-hybridized carbons (Fsp3) is 0.925. The third-order valence-electron chi connectivity index (χ3n) is 15.3. The SMILES string of the molecule is CC(C)CC(=O)OC12OC34C[C@@]5(O)[C@@H]6CN7C[C@@H](C)CC[C@H]7[C@@](C)(O)[C@@]6(O)C(OC(=O)C(C)C)C[C@@]5(O)[C@@H]3CCC1[C@]4(C)CCC2OC(=O)C(C)C. The second kappa shape index (κ2) is 12.1. The van der Waals surface area contributed by atoms with Gasteiger partial charge < -0.3 is 39.4 Å². The predicted octanol–water partition coefficient (Wildman–Crippen LogP) is 3.48. The summed E-state index contributed by atoms with van der Waals surface area (Å²) in [5.41, 5.74) is -9.87. The summed E-state index contributed by atoms with van der Waals surface area (Å²) in [6.45, 7) is 17.4. The molecule has 3 saturated heterocycles. The van der Waals surface area contributed by atoms with Crippen LogP contribution in [0.5, 0.6) is 0 Å². The number of fused-ring (bicyclic) bond motifs is 5. The maximum Gasteiger partial charge on any atom is 0.308 e. The first-order valence-corrected chi connectivity index (χ1v) is 20.0. The van der Waals surface area contributed by atoms with E-state index in [1.165, 1.54) is 0 Å². The Labute approximate surface area is 308 Å². The largest absolute Gasteiger partial charge is 0.459 e. The van der Waals surface area contributed by atoms with Crippen molar-refractivity contribution in [1.82, 2.24) is 4.90 Å². The Morgan fingerprint density at radius 2 is 1.40 bits per heavy atom. The lowest BCUT2D eigenvalue weighted by Crippen LogP contribution is -2.85. The van der Waals surface area contributed by atoms with E-state index in [0.717, 1.165) is 6.42 Å². The van der Waals surface area contributed by atoms with Gasteiger partial charge in [-0.1, -0.05) is 55.4 Å². The molecule has 4 aliphatic carbocycles. The number of aliphatic hydroxyl groups is 4. The molecule has 3 heterocycles. The number of nitrogens with zero attached hydrogens (tertiary/aromatic N) is 1. The van der Waals surface area contributed by atoms with Gasteiger partial charge in [0.25, 0.3) is 5.79 Å². The summed E-state index contributed by atoms with van der Waals surface area (Å²) in [6, 6.07) is -0.453. The van der Waals surface area contributed by atoms with Crippen molar-refractivity contribution in [2.45, 2.75) is 172 Å². The van der Waals surface area contributed by atoms with E-state index >= 15 is 0 Å². The van der Waals surface area contributed by atoms with Crippen molar-refractivity contribution in [3.05, 3.63) is 0 Å². The number of hydrogen-bond acceptors (Lipinski definition) is 12. The molecule has 7 rings (SSSR count). The molecular formula is C40H63NO11. The van der Waals surface area contributed by atoms with Crippen LogP contribution in [0.3, 0.4) is 0 Å². The summed E-state index contributed by atoms with van der Waals surface area (Å²) in [5.74, 6) is -6.03. The van der Waals surface area contributed by atoms with Crippen LogP contribution in [0.15, 0.2) is 0 Å². The zero-order valence-electron chi connectivity index (χ0n) is 32.6. The topological polar surface area (TPSA) is 172 Å². The zero-order chi connectivity index (χ0) is 38.2. The quantitative estimate of drug-likeness (QED) is 0.222. The van der Waals surface area contributed by atoms with Crippen LogP contribution in [0, 0.1) is 46.8 Å². The molecule has 4 N–H and O–H groups in total. The van der Waals surface area contributed by atoms with Gasteiger partial charge in [0.2, 0.25) is 0 Å². The molecule has 7 aliphatic rings. The van der Waals surface area contributed by atoms with Gasteiger partial charge in [0.05, 0.1) is 17.4 Å². The highest BCUT2D eigenvalue weighted by molar-refractivity contribution is 5.73. The van der Waals surface area contributed by atoms with Crippen LogP contribution in [0.2, 0.25) is 0 Å². The Morgan fingerprint density at radius 1 is 0.788 bits per heavy atom. The van der Waals surface area contributed by atoms with Crippen LogP contribution >= 0.6 is 0 Å². The first-order valence-electron chi connectivity index (χ1n) is 20.0. The van der Waals surface area contributed by atoms with Crippen molar-refractivity contribution in [2.24, 2.45) is 46.8 Å². The molecule has 3 aliphatic heterocycles. The normalized spacial score (nSPS) is 50.7. The maximum atomic E-state index is 13.6. The summed E-state index contributed by atoms with van der Waals surface area (Å²) in [5, 5.41) is 52.6. The van der Waals surface area contributed by atoms with Gasteiger partial charge in [-0.25, -0.2) is 0 Å². The lowest BCUT2D eigenvalue weighted by atomic mass is 9.48. The molecule has 12 nitrogen and oxygen atoms in total. The molecule has 12 heteroatoms. The lowest BCUT2D eigenvalue weighted by molar-refractivity contribution is -0.355. The molecule has 14 atom stereocenters. The number of carbonyl (C=O) groups is 3. The van der Waals surface area contributed by atoms with Gasteiger partial charge in [-0.05, 0) is 57.3 Å². The average molecular weight is 734 g/mol. The van der Waals surface area contributed by atoms with Crippen molar-refractivity contribution in [1.29, 1.82) is 0 Å². The first kappa shape index (κ1) is 38.4. The number of rotatable bonds is 7. The minimum atomic E-state index is -2.12. The Hall–Kier alpha value is -1.83. The maximum absolute atomic E-state index is 13.6. The van der Waals surface area contributed by atoms with E-state index in [-0.39, 0.29) is 31.7 Å². The van der Waals surface area contributed by atoms with Crippen LogP contribution in [0.4, 0.5) is 0 Å². The fourth-order valence-electron chi connectivity index (χ4n) is 12.8. The van der Waals surface area contributed by atoms with Gasteiger partial charge in [-0.2, -0.15) is 0 Å². The summed E-state index contributed by atoms with van der Waals surface area (Å²) >= 11 is 0. The summed E-state index contributed by atoms with van der Waals surface area (Å²) in [6.07, 6.45) is 0.684. The van der Waals surface area contributed by atoms with Gasteiger partial charge >= 0.3 is 17.9 Å². The smallest absolute Gasteiger partial charge is 0.308 e. The van der Waals surface area contributed by atoms with Crippen LogP contribution < -0.4 is 0 Å². The standard InChI is InChI=1S/C40H63NO11/c1-21(2)16-31(42)51-40-25-11-12-26-36(46)17-30(50-33(44)23(5)6)39(48)27(19-41-18-24(7)10-13-28(41)35(39,9)45)37(36,47)20-38(26,52-40)34(25,8)15-14-29(40)49-32(43)22(3)4/h21-30,45-48H,10-20H2,1-9H3/t24-,25?,26-,27-,28-,29?,30?,34-,35+,36+,37+,38?,39-,40?/m0/s1. The summed E-state index contributed by atoms with van der Waals surface area (Å²) < 4.78 is 26.0. The van der Waals surface area contributed by atoms with Crippen molar-refractivity contribution in [3.8, 4) is 0 Å². The molecule has 0 aromatic heterocycles. The predicted molar refractivity (Wildman–Crippen MR) is 187 cm³/mol. The third-order valence-corrected chi connectivity index (χ3v) is 15.3. The Bertz CT molecular complexity index is 1480. The zero-order valence-corrected chi connectivity index (χ0v) is 32.6. The second-order valence-electron chi connectivity index (χ2n) is 19.5. The van der Waals surface area contributed by atoms with Crippen LogP contribution in [-0.4, -0.2) is 108 Å². The van der Waals surface area contributed by atoms with E-state index in [1.54, 1.807) is 34.6 Å². The monoisotopic (exact) mass is 733 g/mol. The lowest BCUT2D eigenvalue weighted by Gasteiger charge is -2.68. The highest BCUT2D eigenvalue weighted by Crippen LogP contribution is 2.79. The van der Waals surface area contributed by atoms with Crippen LogP contribution in [0.25, 0.3) is 0 Å². The molecule has 0 aromatic rings. The van der Waals surface area contributed by atoms with E-state index in [9.17, 15) is 34.8 Å². The second-order valence-corrected chi connectivity index (χ2v) is 19.5. The van der Waals surface area contributed by atoms with Gasteiger partial charge in [0, 0.05) is 61.6 Å². The molecule has 4 saturated carbocycles. The molecule has 0 aromatic carbocycles. The summed E-state index contributed by atoms with van der Waals surface area (Å²) in [7, 11) is 0. The Morgan fingerprint density at radius 3 is 2.02 bits per heavy atom. The Kier molecular flexibility index (Phi) is 8.93. The average Bonchev–Trinajstić information content (AvgIpc) is 3.21. The van der Waals surface area contributed by atoms with Gasteiger partial charge in [0.1, 0.15) is 28.5 Å². The van der Waals surface area contributed by atoms with Crippen LogP contribution in [0.1, 0.15) is 120 Å². The highest BCUT2D eigenvalue weighted by Gasteiger charge is 2.90. The van der Waals surface area contributed by atoms with Crippen molar-refractivity contribution in [2.75, 3.05) is 13.1 Å². The van der Waals surface area contributed by atoms with E-state index in [1.807, 2.05) is 13.8 Å². The molecule has 0 radical (unpaired) electrons. The molecule has 7 fully saturated rings. The van der Waals surface area contributed by atoms with E-state index in [0.29, 0.717) is 44.6 Å². The van der Waals surface area contributed by atoms with Crippen molar-refractivity contribution in [3.63, 3.8) is 0 Å². The van der Waals surface area contributed by atoms with E-state index < -0.39 is 105 Å². The highest BCUT2D eigenvalue weighted by atomic mass is 16.8. The number of hydrogen-bond donors (Lipinski definition) is 4. The fourth-order valence-corrected chi connectivity index (χ4v) is 12.8. The molecule has 0 amide bonds. The van der Waals surface area contributed by atoms with Gasteiger partial charge in [0.15, 0.2) is 6.10 Å².